The summed E-state index contributed by atoms with van der Waals surface area (Å²) in [6.45, 7) is 2.77. The molecular weight excluding hydrogens is 556 g/mol. The van der Waals surface area contributed by atoms with E-state index in [1.165, 1.54) is 11.1 Å². The topological polar surface area (TPSA) is 70.6 Å². The number of H-pyrrole nitrogens is 1. The highest BCUT2D eigenvalue weighted by Gasteiger charge is 2.29. The molecule has 1 fully saturated rings. The Bertz CT molecular complexity index is 1610. The Morgan fingerprint density at radius 2 is 1.33 bits per heavy atom. The first-order valence-corrected chi connectivity index (χ1v) is 14.6. The van der Waals surface area contributed by atoms with Gasteiger partial charge in [0, 0.05) is 32.2 Å². The van der Waals surface area contributed by atoms with E-state index >= 15 is 0 Å². The molecule has 5 aromatic rings. The molecule has 1 aliphatic rings. The monoisotopic (exact) mass is 594 g/mol. The number of para-hydroxylation sites is 2. The first kappa shape index (κ1) is 30.2. The minimum atomic E-state index is -0.306. The molecule has 1 N–H and O–H groups in total. The maximum Gasteiger partial charge on any atom is 0.409 e. The van der Waals surface area contributed by atoms with Crippen molar-refractivity contribution in [1.82, 2.24) is 19.4 Å². The maximum atomic E-state index is 13.4. The molecule has 43 heavy (non-hydrogen) atoms. The second kappa shape index (κ2) is 14.3. The first-order valence-electron chi connectivity index (χ1n) is 14.6. The lowest BCUT2D eigenvalue weighted by Crippen LogP contribution is -2.42. The summed E-state index contributed by atoms with van der Waals surface area (Å²) in [7, 11) is 0. The van der Waals surface area contributed by atoms with E-state index in [0.29, 0.717) is 25.9 Å². The number of aromatic nitrogens is 2. The summed E-state index contributed by atoms with van der Waals surface area (Å²) in [6, 6.07) is 38.8. The van der Waals surface area contributed by atoms with Crippen molar-refractivity contribution in [1.29, 1.82) is 0 Å². The van der Waals surface area contributed by atoms with Gasteiger partial charge in [-0.25, -0.2) is 9.59 Å². The number of carbonyl (C=O) groups is 1. The van der Waals surface area contributed by atoms with Gasteiger partial charge in [-0.1, -0.05) is 103 Å². The molecule has 0 radical (unpaired) electrons. The molecule has 1 saturated heterocycles. The zero-order chi connectivity index (χ0) is 28.7. The van der Waals surface area contributed by atoms with Gasteiger partial charge in [0.15, 0.2) is 0 Å². The number of fused-ring (bicyclic) bond motifs is 1. The molecule has 2 heterocycles. The van der Waals surface area contributed by atoms with Crippen molar-refractivity contribution >= 4 is 30.6 Å². The predicted octanol–water partition coefficient (Wildman–Crippen LogP) is 6.66. The third-order valence-electron chi connectivity index (χ3n) is 8.16. The lowest BCUT2D eigenvalue weighted by Gasteiger charge is -2.34. The van der Waals surface area contributed by atoms with E-state index in [0.717, 1.165) is 29.7 Å². The van der Waals surface area contributed by atoms with Crippen LogP contribution in [0.4, 0.5) is 4.79 Å². The maximum absolute atomic E-state index is 13.4. The van der Waals surface area contributed by atoms with Crippen LogP contribution in [0.1, 0.15) is 41.6 Å². The van der Waals surface area contributed by atoms with Crippen molar-refractivity contribution in [2.75, 3.05) is 19.7 Å². The molecule has 1 aliphatic heterocycles. The number of hydrogen-bond acceptors (Lipinski definition) is 4. The van der Waals surface area contributed by atoms with Crippen LogP contribution in [-0.2, 0) is 17.8 Å². The summed E-state index contributed by atoms with van der Waals surface area (Å²) in [5.41, 5.74) is 5.16. The largest absolute Gasteiger partial charge is 0.447 e. The first-order chi connectivity index (χ1) is 20.7. The van der Waals surface area contributed by atoms with Crippen molar-refractivity contribution in [3.63, 3.8) is 0 Å². The molecule has 6 rings (SSSR count). The number of imidazole rings is 1. The summed E-state index contributed by atoms with van der Waals surface area (Å²) in [5.74, 6) is 0. The minimum Gasteiger partial charge on any atom is -0.447 e. The van der Waals surface area contributed by atoms with Crippen LogP contribution in [-0.4, -0.2) is 45.1 Å². The van der Waals surface area contributed by atoms with Crippen molar-refractivity contribution in [3.05, 3.63) is 142 Å². The fraction of sp³-hybridized carbons (Fsp3) is 0.257. The number of amides is 1. The Hall–Kier alpha value is -4.27. The second-order valence-electron chi connectivity index (χ2n) is 10.9. The Balaban J connectivity index is 0.00000368. The summed E-state index contributed by atoms with van der Waals surface area (Å²) >= 11 is 0. The van der Waals surface area contributed by atoms with Crippen molar-refractivity contribution < 1.29 is 9.53 Å². The average molecular weight is 595 g/mol. The smallest absolute Gasteiger partial charge is 0.409 e. The minimum absolute atomic E-state index is 0. The van der Waals surface area contributed by atoms with Crippen LogP contribution in [0.2, 0.25) is 0 Å². The number of likely N-dealkylation sites (tertiary alicyclic amines) is 1. The molecule has 1 amide bonds. The molecule has 222 valence electrons. The Morgan fingerprint density at radius 1 is 0.791 bits per heavy atom. The van der Waals surface area contributed by atoms with Gasteiger partial charge in [0.05, 0.1) is 17.1 Å². The van der Waals surface area contributed by atoms with Crippen LogP contribution in [0.15, 0.2) is 120 Å². The lowest BCUT2D eigenvalue weighted by molar-refractivity contribution is 0.0514. The van der Waals surface area contributed by atoms with Crippen LogP contribution >= 0.6 is 13.5 Å². The standard InChI is InChI=1S/C35H36N4O3.H2S/c40-34-36-31-18-10-11-19-32(31)39(34)30-20-22-37(23-21-30)35(41)42-26-33(29-16-8-3-9-17-29)38(24-27-12-4-1-5-13-27)25-28-14-6-2-7-15-28;/h1-19,30,33H,20-26H2,(H,36,40);1H2/t33-;/m1./s1. The van der Waals surface area contributed by atoms with Gasteiger partial charge in [0.1, 0.15) is 6.61 Å². The normalized spacial score (nSPS) is 14.4. The van der Waals surface area contributed by atoms with Crippen LogP contribution in [0.25, 0.3) is 11.0 Å². The van der Waals surface area contributed by atoms with Crippen molar-refractivity contribution in [3.8, 4) is 0 Å². The van der Waals surface area contributed by atoms with Crippen LogP contribution in [0, 0.1) is 0 Å². The predicted molar refractivity (Wildman–Crippen MR) is 175 cm³/mol. The summed E-state index contributed by atoms with van der Waals surface area (Å²) < 4.78 is 7.89. The van der Waals surface area contributed by atoms with Crippen molar-refractivity contribution in [2.45, 2.75) is 38.0 Å². The molecule has 8 heteroatoms. The summed E-state index contributed by atoms with van der Waals surface area (Å²) in [5, 5.41) is 0. The Kier molecular flexibility index (Phi) is 10.0. The molecule has 1 aromatic heterocycles. The van der Waals surface area contributed by atoms with E-state index in [9.17, 15) is 9.59 Å². The molecule has 0 saturated carbocycles. The molecule has 7 nitrogen and oxygen atoms in total. The fourth-order valence-electron chi connectivity index (χ4n) is 5.98. The number of aromatic amines is 1. The fourth-order valence-corrected chi connectivity index (χ4v) is 5.98. The molecule has 0 bridgehead atoms. The highest BCUT2D eigenvalue weighted by Crippen LogP contribution is 2.28. The van der Waals surface area contributed by atoms with E-state index in [4.69, 9.17) is 4.74 Å². The highest BCUT2D eigenvalue weighted by molar-refractivity contribution is 7.59. The van der Waals surface area contributed by atoms with E-state index in [1.807, 2.05) is 59.2 Å². The van der Waals surface area contributed by atoms with Crippen molar-refractivity contribution in [2.24, 2.45) is 0 Å². The number of rotatable bonds is 9. The third kappa shape index (κ3) is 7.21. The summed E-state index contributed by atoms with van der Waals surface area (Å²) in [4.78, 5) is 33.1. The third-order valence-corrected chi connectivity index (χ3v) is 8.16. The number of carbonyl (C=O) groups excluding carboxylic acids is 1. The second-order valence-corrected chi connectivity index (χ2v) is 10.9. The molecule has 0 unspecified atom stereocenters. The Morgan fingerprint density at radius 3 is 1.93 bits per heavy atom. The number of piperidine rings is 1. The van der Waals surface area contributed by atoms with Gasteiger partial charge in [-0.15, -0.1) is 0 Å². The number of nitrogens with zero attached hydrogens (tertiary/aromatic N) is 3. The lowest BCUT2D eigenvalue weighted by atomic mass is 10.0. The van der Waals surface area contributed by atoms with E-state index < -0.39 is 0 Å². The quantitative estimate of drug-likeness (QED) is 0.207. The average Bonchev–Trinajstić information content (AvgIpc) is 3.38. The number of ether oxygens (including phenoxy) is 1. The van der Waals surface area contributed by atoms with E-state index in [-0.39, 0.29) is 44.0 Å². The van der Waals surface area contributed by atoms with Crippen LogP contribution < -0.4 is 5.69 Å². The molecule has 0 spiro atoms. The number of hydrogen-bond donors (Lipinski definition) is 1. The SMILES string of the molecule is O=C(OC[C@H](c1ccccc1)N(Cc1ccccc1)Cc1ccccc1)N1CCC(n2c(=O)[nH]c3ccccc32)CC1.S. The van der Waals surface area contributed by atoms with Gasteiger partial charge in [0.2, 0.25) is 0 Å². The highest BCUT2D eigenvalue weighted by atomic mass is 32.1. The molecule has 0 aliphatic carbocycles. The number of nitrogens with one attached hydrogen (secondary N) is 1. The Labute approximate surface area is 259 Å². The van der Waals surface area contributed by atoms with Gasteiger partial charge >= 0.3 is 11.8 Å². The van der Waals surface area contributed by atoms with Gasteiger partial charge < -0.3 is 14.6 Å². The van der Waals surface area contributed by atoms with E-state index in [2.05, 4.69) is 70.5 Å². The van der Waals surface area contributed by atoms with Gasteiger partial charge in [-0.05, 0) is 41.7 Å². The van der Waals surface area contributed by atoms with E-state index in [1.54, 1.807) is 4.90 Å². The molecule has 1 atom stereocenters. The van der Waals surface area contributed by atoms with Gasteiger partial charge in [0.25, 0.3) is 0 Å². The summed E-state index contributed by atoms with van der Waals surface area (Å²) in [6.07, 6.45) is 1.10. The van der Waals surface area contributed by atoms with Crippen LogP contribution in [0.3, 0.4) is 0 Å². The number of benzene rings is 4. The molecular formula is C35H38N4O3S. The van der Waals surface area contributed by atoms with Gasteiger partial charge in [-0.3, -0.25) is 9.47 Å². The molecule has 4 aromatic carbocycles. The van der Waals surface area contributed by atoms with Gasteiger partial charge in [-0.2, -0.15) is 13.5 Å². The zero-order valence-electron chi connectivity index (χ0n) is 24.1. The van der Waals surface area contributed by atoms with Crippen LogP contribution in [0.5, 0.6) is 0 Å². The zero-order valence-corrected chi connectivity index (χ0v) is 25.1.